The molecule has 12 aromatic rings. The van der Waals surface area contributed by atoms with E-state index in [4.69, 9.17) is 0 Å². The first-order valence-corrected chi connectivity index (χ1v) is 27.0. The van der Waals surface area contributed by atoms with Gasteiger partial charge in [0, 0.05) is 51.2 Å². The molecule has 1 atom stereocenters. The van der Waals surface area contributed by atoms with E-state index in [1.165, 1.54) is 50.1 Å². The monoisotopic (exact) mass is 1000 g/mol. The van der Waals surface area contributed by atoms with Gasteiger partial charge in [0.2, 0.25) is 0 Å². The summed E-state index contributed by atoms with van der Waals surface area (Å²) in [5.41, 5.74) is 21.2. The van der Waals surface area contributed by atoms with Crippen molar-refractivity contribution in [2.24, 2.45) is 0 Å². The van der Waals surface area contributed by atoms with Crippen LogP contribution in [0.5, 0.6) is 0 Å². The van der Waals surface area contributed by atoms with Gasteiger partial charge < -0.3 is 14.7 Å². The minimum atomic E-state index is 0.331. The summed E-state index contributed by atoms with van der Waals surface area (Å²) >= 11 is 0. The van der Waals surface area contributed by atoms with Gasteiger partial charge in [-0.3, -0.25) is 0 Å². The van der Waals surface area contributed by atoms with Gasteiger partial charge in [0.15, 0.2) is 0 Å². The molecule has 12 aromatic carbocycles. The molecule has 0 aliphatic heterocycles. The fourth-order valence-corrected chi connectivity index (χ4v) is 10.7. The zero-order valence-electron chi connectivity index (χ0n) is 43.5. The molecular weight excluding hydrogens is 943 g/mol. The predicted octanol–water partition coefficient (Wildman–Crippen LogP) is 20.7. The fourth-order valence-electron chi connectivity index (χ4n) is 10.7. The normalized spacial score (nSPS) is 11.4. The van der Waals surface area contributed by atoms with E-state index >= 15 is 0 Å². The van der Waals surface area contributed by atoms with Crippen LogP contribution >= 0.6 is 0 Å². The van der Waals surface area contributed by atoms with E-state index in [2.05, 4.69) is 342 Å². The number of rotatable bonds is 17. The molecule has 0 aromatic heterocycles. The van der Waals surface area contributed by atoms with Gasteiger partial charge in [-0.15, -0.1) is 0 Å². The molecule has 0 N–H and O–H groups in total. The van der Waals surface area contributed by atoms with Crippen LogP contribution in [-0.4, -0.2) is 0 Å². The first kappa shape index (κ1) is 48.9. The molecular formula is C75H59N3. The molecule has 0 radical (unpaired) electrons. The third-order valence-electron chi connectivity index (χ3n) is 14.7. The van der Waals surface area contributed by atoms with Crippen molar-refractivity contribution in [3.8, 4) is 33.4 Å². The van der Waals surface area contributed by atoms with E-state index in [9.17, 15) is 0 Å². The molecule has 0 bridgehead atoms. The van der Waals surface area contributed by atoms with Crippen LogP contribution in [0.15, 0.2) is 328 Å². The number of para-hydroxylation sites is 5. The molecule has 78 heavy (non-hydrogen) atoms. The number of hydrogen-bond acceptors (Lipinski definition) is 3. The van der Waals surface area contributed by atoms with Gasteiger partial charge in [-0.05, 0) is 178 Å². The van der Waals surface area contributed by atoms with Crippen LogP contribution in [0.3, 0.4) is 0 Å². The SMILES string of the molecule is c1ccc([C@H](Cc2ccc(-c3ccc(N(c4ccccc4)c4ccccc4)cc3)cc2)Cc2ccc(-c3ccc(N(c4ccccc4)c4ccc(-c5ccc(N(c6ccccc6)c6ccccc6)cc5)cc4)cc3)cc2)cc1. The first-order valence-electron chi connectivity index (χ1n) is 27.0. The Bertz CT molecular complexity index is 3680. The molecule has 0 aliphatic carbocycles. The van der Waals surface area contributed by atoms with Gasteiger partial charge in [0.05, 0.1) is 0 Å². The standard InChI is InChI=1S/C75H59N3/c1-7-19-59(20-8-1)66(55-57-31-35-60(36-32-57)62-39-47-72(48-40-62)76(67-21-9-2-10-22-67)68-23-11-3-12-24-68)56-58-33-37-61(38-34-58)63-41-51-74(52-42-63)78(71-29-17-6-18-30-71)75-53-45-65(46-54-75)64-43-49-73(50-44-64)77(69-25-13-4-14-26-69)70-27-15-5-16-28-70/h1-54,66H,55-56H2/t66-/m1/s1. The highest BCUT2D eigenvalue weighted by atomic mass is 15.2. The second-order valence-electron chi connectivity index (χ2n) is 19.8. The number of anilines is 9. The highest BCUT2D eigenvalue weighted by Gasteiger charge is 2.18. The quantitative estimate of drug-likeness (QED) is 0.0900. The summed E-state index contributed by atoms with van der Waals surface area (Å²) in [7, 11) is 0. The van der Waals surface area contributed by atoms with Crippen molar-refractivity contribution >= 4 is 51.2 Å². The Morgan fingerprint density at radius 2 is 0.359 bits per heavy atom. The summed E-state index contributed by atoms with van der Waals surface area (Å²) in [4.78, 5) is 6.93. The average Bonchev–Trinajstić information content (AvgIpc) is 3.56. The van der Waals surface area contributed by atoms with Crippen LogP contribution in [0.4, 0.5) is 51.2 Å². The lowest BCUT2D eigenvalue weighted by Crippen LogP contribution is -2.09. The number of benzene rings is 12. The summed E-state index contributed by atoms with van der Waals surface area (Å²) in [6.45, 7) is 0. The van der Waals surface area contributed by atoms with E-state index in [0.717, 1.165) is 64.0 Å². The molecule has 0 heterocycles. The first-order chi connectivity index (χ1) is 38.7. The van der Waals surface area contributed by atoms with E-state index in [1.54, 1.807) is 0 Å². The molecule has 0 aliphatic rings. The van der Waals surface area contributed by atoms with Crippen LogP contribution in [0.2, 0.25) is 0 Å². The van der Waals surface area contributed by atoms with E-state index in [1.807, 2.05) is 0 Å². The van der Waals surface area contributed by atoms with Gasteiger partial charge in [0.1, 0.15) is 0 Å². The Morgan fingerprint density at radius 3 is 0.577 bits per heavy atom. The molecule has 3 heteroatoms. The third kappa shape index (κ3) is 11.2. The largest absolute Gasteiger partial charge is 0.311 e. The molecule has 0 spiro atoms. The van der Waals surface area contributed by atoms with Crippen LogP contribution < -0.4 is 14.7 Å². The van der Waals surface area contributed by atoms with Crippen molar-refractivity contribution in [1.29, 1.82) is 0 Å². The second-order valence-corrected chi connectivity index (χ2v) is 19.8. The highest BCUT2D eigenvalue weighted by molar-refractivity contribution is 5.82. The Labute approximate surface area is 459 Å². The second kappa shape index (κ2) is 23.3. The molecule has 0 saturated carbocycles. The van der Waals surface area contributed by atoms with Crippen molar-refractivity contribution in [2.45, 2.75) is 18.8 Å². The summed E-state index contributed by atoms with van der Waals surface area (Å²) < 4.78 is 0. The molecule has 12 rings (SSSR count). The molecule has 0 amide bonds. The maximum atomic E-state index is 2.33. The lowest BCUT2D eigenvalue weighted by Gasteiger charge is -2.26. The summed E-state index contributed by atoms with van der Waals surface area (Å²) in [5, 5.41) is 0. The average molecular weight is 1000 g/mol. The summed E-state index contributed by atoms with van der Waals surface area (Å²) in [6.07, 6.45) is 1.90. The van der Waals surface area contributed by atoms with Crippen LogP contribution in [0.25, 0.3) is 33.4 Å². The Morgan fingerprint density at radius 1 is 0.179 bits per heavy atom. The minimum Gasteiger partial charge on any atom is -0.311 e. The van der Waals surface area contributed by atoms with Gasteiger partial charge in [-0.2, -0.15) is 0 Å². The van der Waals surface area contributed by atoms with Gasteiger partial charge >= 0.3 is 0 Å². The van der Waals surface area contributed by atoms with Crippen molar-refractivity contribution in [2.75, 3.05) is 14.7 Å². The molecule has 0 saturated heterocycles. The van der Waals surface area contributed by atoms with Crippen molar-refractivity contribution in [3.63, 3.8) is 0 Å². The van der Waals surface area contributed by atoms with Gasteiger partial charge in [0.25, 0.3) is 0 Å². The van der Waals surface area contributed by atoms with Crippen molar-refractivity contribution in [1.82, 2.24) is 0 Å². The third-order valence-corrected chi connectivity index (χ3v) is 14.7. The molecule has 3 nitrogen and oxygen atoms in total. The topological polar surface area (TPSA) is 9.72 Å². The smallest absolute Gasteiger partial charge is 0.0462 e. The highest BCUT2D eigenvalue weighted by Crippen LogP contribution is 2.40. The minimum absolute atomic E-state index is 0.331. The van der Waals surface area contributed by atoms with Crippen LogP contribution in [0.1, 0.15) is 22.6 Å². The lowest BCUT2D eigenvalue weighted by molar-refractivity contribution is 0.680. The van der Waals surface area contributed by atoms with Crippen molar-refractivity contribution in [3.05, 3.63) is 344 Å². The van der Waals surface area contributed by atoms with Crippen molar-refractivity contribution < 1.29 is 0 Å². The number of hydrogen-bond donors (Lipinski definition) is 0. The molecule has 0 unspecified atom stereocenters. The van der Waals surface area contributed by atoms with E-state index in [0.29, 0.717) is 5.92 Å². The Kier molecular flexibility index (Phi) is 14.6. The molecule has 374 valence electrons. The fraction of sp³-hybridized carbons (Fsp3) is 0.0400. The zero-order chi connectivity index (χ0) is 52.3. The zero-order valence-corrected chi connectivity index (χ0v) is 43.5. The van der Waals surface area contributed by atoms with E-state index < -0.39 is 0 Å². The van der Waals surface area contributed by atoms with Gasteiger partial charge in [-0.1, -0.05) is 218 Å². The number of nitrogens with zero attached hydrogens (tertiary/aromatic N) is 3. The van der Waals surface area contributed by atoms with E-state index in [-0.39, 0.29) is 0 Å². The predicted molar refractivity (Wildman–Crippen MR) is 330 cm³/mol. The Hall–Kier alpha value is -9.96. The Balaban J connectivity index is 0.729. The summed E-state index contributed by atoms with van der Waals surface area (Å²) in [6, 6.07) is 118. The maximum Gasteiger partial charge on any atom is 0.0462 e. The van der Waals surface area contributed by atoms with Crippen LogP contribution in [-0.2, 0) is 12.8 Å². The maximum absolute atomic E-state index is 2.33. The molecule has 0 fully saturated rings. The lowest BCUT2D eigenvalue weighted by atomic mass is 9.86. The van der Waals surface area contributed by atoms with Gasteiger partial charge in [-0.25, -0.2) is 0 Å². The van der Waals surface area contributed by atoms with Crippen LogP contribution in [0, 0.1) is 0 Å². The summed E-state index contributed by atoms with van der Waals surface area (Å²) in [5.74, 6) is 0.331.